The molecular formula is C22H47N3. The minimum Gasteiger partial charge on any atom is -0.329 e. The summed E-state index contributed by atoms with van der Waals surface area (Å²) in [4.78, 5) is 2.45. The molecule has 0 saturated heterocycles. The summed E-state index contributed by atoms with van der Waals surface area (Å²) in [5.41, 5.74) is 12.1. The van der Waals surface area contributed by atoms with Gasteiger partial charge in [-0.25, -0.2) is 0 Å². The van der Waals surface area contributed by atoms with Crippen molar-refractivity contribution in [1.82, 2.24) is 4.90 Å². The van der Waals surface area contributed by atoms with E-state index >= 15 is 0 Å². The summed E-state index contributed by atoms with van der Waals surface area (Å²) in [7, 11) is 0. The molecule has 0 aliphatic heterocycles. The molecule has 0 saturated carbocycles. The fourth-order valence-corrected chi connectivity index (χ4v) is 3.26. The fourth-order valence-electron chi connectivity index (χ4n) is 3.26. The molecule has 0 rings (SSSR count). The van der Waals surface area contributed by atoms with Crippen LogP contribution in [0.2, 0.25) is 0 Å². The van der Waals surface area contributed by atoms with Crippen molar-refractivity contribution in [2.45, 2.75) is 103 Å². The van der Waals surface area contributed by atoms with Gasteiger partial charge in [0.2, 0.25) is 0 Å². The zero-order chi connectivity index (χ0) is 18.6. The lowest BCUT2D eigenvalue weighted by atomic mass is 10.1. The lowest BCUT2D eigenvalue weighted by Gasteiger charge is -2.25. The lowest BCUT2D eigenvalue weighted by Crippen LogP contribution is -2.40. The van der Waals surface area contributed by atoms with Crippen LogP contribution in [0.25, 0.3) is 0 Å². The Morgan fingerprint density at radius 2 is 1.36 bits per heavy atom. The Hall–Kier alpha value is -0.380. The molecule has 150 valence electrons. The third kappa shape index (κ3) is 18.2. The lowest BCUT2D eigenvalue weighted by molar-refractivity contribution is 0.253. The normalized spacial score (nSPS) is 13.2. The van der Waals surface area contributed by atoms with Crippen LogP contribution in [-0.4, -0.2) is 37.1 Å². The summed E-state index contributed by atoms with van der Waals surface area (Å²) in [6.07, 6.45) is 21.6. The van der Waals surface area contributed by atoms with E-state index in [1.165, 1.54) is 77.0 Å². The van der Waals surface area contributed by atoms with Gasteiger partial charge in [-0.3, -0.25) is 0 Å². The highest BCUT2D eigenvalue weighted by atomic mass is 15.1. The summed E-state index contributed by atoms with van der Waals surface area (Å²) >= 11 is 0. The van der Waals surface area contributed by atoms with Gasteiger partial charge in [-0.15, -0.1) is 0 Å². The maximum Gasteiger partial charge on any atom is 0.0167 e. The molecule has 1 unspecified atom stereocenters. The van der Waals surface area contributed by atoms with E-state index in [9.17, 15) is 0 Å². The van der Waals surface area contributed by atoms with Crippen molar-refractivity contribution in [2.75, 3.05) is 26.2 Å². The molecule has 3 nitrogen and oxygen atoms in total. The van der Waals surface area contributed by atoms with E-state index in [1.807, 2.05) is 0 Å². The van der Waals surface area contributed by atoms with Gasteiger partial charge in [0.25, 0.3) is 0 Å². The van der Waals surface area contributed by atoms with E-state index in [1.54, 1.807) is 0 Å². The predicted molar refractivity (Wildman–Crippen MR) is 114 cm³/mol. The van der Waals surface area contributed by atoms with E-state index in [0.29, 0.717) is 6.04 Å². The molecule has 3 heteroatoms. The summed E-state index contributed by atoms with van der Waals surface area (Å²) in [6, 6.07) is 0.292. The first-order valence-electron chi connectivity index (χ1n) is 11.1. The third-order valence-corrected chi connectivity index (χ3v) is 4.85. The second kappa shape index (κ2) is 19.9. The number of nitrogens with two attached hydrogens (primary N) is 2. The molecule has 0 aromatic carbocycles. The maximum absolute atomic E-state index is 6.32. The number of nitrogens with zero attached hydrogens (tertiary/aromatic N) is 1. The number of rotatable bonds is 19. The Kier molecular flexibility index (Phi) is 19.6. The monoisotopic (exact) mass is 353 g/mol. The summed E-state index contributed by atoms with van der Waals surface area (Å²) in [5, 5.41) is 0. The van der Waals surface area contributed by atoms with Gasteiger partial charge in [0, 0.05) is 25.7 Å². The Balaban J connectivity index is 3.59. The molecule has 0 heterocycles. The van der Waals surface area contributed by atoms with E-state index in [-0.39, 0.29) is 0 Å². The number of allylic oxidation sites excluding steroid dienone is 2. The highest BCUT2D eigenvalue weighted by Gasteiger charge is 2.09. The van der Waals surface area contributed by atoms with Gasteiger partial charge in [0.15, 0.2) is 0 Å². The van der Waals surface area contributed by atoms with Gasteiger partial charge >= 0.3 is 0 Å². The Morgan fingerprint density at radius 1 is 0.760 bits per heavy atom. The second-order valence-electron chi connectivity index (χ2n) is 7.52. The molecule has 0 spiro atoms. The van der Waals surface area contributed by atoms with Crippen molar-refractivity contribution in [3.8, 4) is 0 Å². The number of hydrogen-bond donors (Lipinski definition) is 2. The van der Waals surface area contributed by atoms with E-state index in [4.69, 9.17) is 11.5 Å². The molecule has 0 bridgehead atoms. The maximum atomic E-state index is 6.32. The summed E-state index contributed by atoms with van der Waals surface area (Å²) in [5.74, 6) is 0. The van der Waals surface area contributed by atoms with E-state index in [2.05, 4.69) is 30.9 Å². The van der Waals surface area contributed by atoms with Crippen molar-refractivity contribution in [3.05, 3.63) is 12.2 Å². The van der Waals surface area contributed by atoms with Crippen LogP contribution in [0.4, 0.5) is 0 Å². The molecule has 25 heavy (non-hydrogen) atoms. The Morgan fingerprint density at radius 3 is 2.04 bits per heavy atom. The van der Waals surface area contributed by atoms with E-state index in [0.717, 1.165) is 32.6 Å². The molecule has 0 aromatic rings. The summed E-state index contributed by atoms with van der Waals surface area (Å²) < 4.78 is 0. The zero-order valence-electron chi connectivity index (χ0n) is 17.4. The van der Waals surface area contributed by atoms with Gasteiger partial charge in [0.1, 0.15) is 0 Å². The molecule has 0 aromatic heterocycles. The number of unbranched alkanes of at least 4 members (excludes halogenated alkanes) is 9. The van der Waals surface area contributed by atoms with Crippen LogP contribution in [0.5, 0.6) is 0 Å². The summed E-state index contributed by atoms with van der Waals surface area (Å²) in [6.45, 7) is 8.39. The van der Waals surface area contributed by atoms with Gasteiger partial charge in [0.05, 0.1) is 0 Å². The molecule has 0 amide bonds. The SMILES string of the molecule is CCCCCCCC/C=C\CCCC(N)CN(CCN)CCCCC. The van der Waals surface area contributed by atoms with Crippen molar-refractivity contribution < 1.29 is 0 Å². The zero-order valence-corrected chi connectivity index (χ0v) is 17.4. The smallest absolute Gasteiger partial charge is 0.0167 e. The van der Waals surface area contributed by atoms with Crippen LogP contribution in [0, 0.1) is 0 Å². The van der Waals surface area contributed by atoms with Crippen LogP contribution in [0.3, 0.4) is 0 Å². The third-order valence-electron chi connectivity index (χ3n) is 4.85. The van der Waals surface area contributed by atoms with Gasteiger partial charge < -0.3 is 16.4 Å². The van der Waals surface area contributed by atoms with Crippen LogP contribution in [0.15, 0.2) is 12.2 Å². The van der Waals surface area contributed by atoms with Crippen molar-refractivity contribution >= 4 is 0 Å². The van der Waals surface area contributed by atoms with Crippen molar-refractivity contribution in [2.24, 2.45) is 11.5 Å². The first-order valence-corrected chi connectivity index (χ1v) is 11.1. The Labute approximate surface area is 158 Å². The number of hydrogen-bond acceptors (Lipinski definition) is 3. The van der Waals surface area contributed by atoms with E-state index < -0.39 is 0 Å². The Bertz CT molecular complexity index is 278. The standard InChI is InChI=1S/C22H47N3/c1-3-5-7-8-9-10-11-12-13-14-15-17-22(24)21-25(20-18-23)19-16-6-4-2/h12-13,22H,3-11,14-21,23-24H2,1-2H3/b13-12-. The topological polar surface area (TPSA) is 55.3 Å². The quantitative estimate of drug-likeness (QED) is 0.246. The van der Waals surface area contributed by atoms with Crippen LogP contribution < -0.4 is 11.5 Å². The largest absolute Gasteiger partial charge is 0.329 e. The van der Waals surface area contributed by atoms with Crippen molar-refractivity contribution in [3.63, 3.8) is 0 Å². The fraction of sp³-hybridized carbons (Fsp3) is 0.909. The van der Waals surface area contributed by atoms with Crippen LogP contribution in [-0.2, 0) is 0 Å². The van der Waals surface area contributed by atoms with Crippen LogP contribution >= 0.6 is 0 Å². The minimum atomic E-state index is 0.292. The second-order valence-corrected chi connectivity index (χ2v) is 7.52. The minimum absolute atomic E-state index is 0.292. The first kappa shape index (κ1) is 24.6. The molecule has 0 aliphatic rings. The van der Waals surface area contributed by atoms with Crippen LogP contribution in [0.1, 0.15) is 97.3 Å². The van der Waals surface area contributed by atoms with Gasteiger partial charge in [-0.05, 0) is 45.1 Å². The molecular weight excluding hydrogens is 306 g/mol. The average Bonchev–Trinajstić information content (AvgIpc) is 2.60. The van der Waals surface area contributed by atoms with Gasteiger partial charge in [-0.1, -0.05) is 70.9 Å². The molecule has 0 radical (unpaired) electrons. The highest BCUT2D eigenvalue weighted by Crippen LogP contribution is 2.08. The van der Waals surface area contributed by atoms with Gasteiger partial charge in [-0.2, -0.15) is 0 Å². The molecule has 0 fully saturated rings. The van der Waals surface area contributed by atoms with Crippen molar-refractivity contribution in [1.29, 1.82) is 0 Å². The molecule has 4 N–H and O–H groups in total. The molecule has 0 aliphatic carbocycles. The average molecular weight is 354 g/mol. The predicted octanol–water partition coefficient (Wildman–Crippen LogP) is 5.24. The highest BCUT2D eigenvalue weighted by molar-refractivity contribution is 4.82. The molecule has 1 atom stereocenters. The first-order chi connectivity index (χ1) is 12.2.